The molecule has 2 N–H and O–H groups in total. The number of aromatic amines is 1. The van der Waals surface area contributed by atoms with E-state index >= 15 is 0 Å². The van der Waals surface area contributed by atoms with Crippen molar-refractivity contribution in [1.29, 1.82) is 0 Å². The van der Waals surface area contributed by atoms with E-state index in [-0.39, 0.29) is 11.7 Å². The van der Waals surface area contributed by atoms with Gasteiger partial charge in [0.1, 0.15) is 16.8 Å². The molecule has 4 aromatic rings. The van der Waals surface area contributed by atoms with Gasteiger partial charge in [-0.2, -0.15) is 5.10 Å². The Bertz CT molecular complexity index is 1210. The Morgan fingerprint density at radius 3 is 2.77 bits per heavy atom. The molecule has 0 radical (unpaired) electrons. The maximum Gasteiger partial charge on any atom is 0.244 e. The number of imidazole rings is 1. The molecular weight excluding hydrogens is 417 g/mol. The van der Waals surface area contributed by atoms with Crippen LogP contribution in [0.1, 0.15) is 23.5 Å². The number of amides is 1. The number of nitrogens with zero attached hydrogens (tertiary/aromatic N) is 3. The van der Waals surface area contributed by atoms with Crippen molar-refractivity contribution in [1.82, 2.24) is 25.1 Å². The molecule has 0 atom stereocenters. The van der Waals surface area contributed by atoms with Gasteiger partial charge in [0.15, 0.2) is 0 Å². The highest BCUT2D eigenvalue weighted by atomic mass is 35.5. The molecule has 2 aromatic heterocycles. The molecule has 0 bridgehead atoms. The lowest BCUT2D eigenvalue weighted by Gasteiger charge is -2.03. The standard InChI is InChI=1S/C23H21ClFN5O/c1-15-18(23(24)30(29-15)17-10-8-16(25)9-11-17)12-13-22(31)26-14-4-7-21-27-19-5-2-3-6-20(19)28-21/h2-3,5-6,8-13H,4,7,14H2,1H3,(H,26,31)(H,27,28)/b13-12+. The zero-order valence-corrected chi connectivity index (χ0v) is 17.7. The fourth-order valence-corrected chi connectivity index (χ4v) is 3.60. The van der Waals surface area contributed by atoms with E-state index < -0.39 is 0 Å². The molecule has 4 rings (SSSR count). The number of halogens is 2. The van der Waals surface area contributed by atoms with Gasteiger partial charge in [0.05, 0.1) is 22.4 Å². The van der Waals surface area contributed by atoms with Crippen LogP contribution >= 0.6 is 11.6 Å². The highest BCUT2D eigenvalue weighted by Crippen LogP contribution is 2.24. The topological polar surface area (TPSA) is 75.6 Å². The molecule has 0 saturated carbocycles. The zero-order valence-electron chi connectivity index (χ0n) is 16.9. The first-order chi connectivity index (χ1) is 15.0. The fourth-order valence-electron chi connectivity index (χ4n) is 3.26. The normalized spacial score (nSPS) is 11.5. The maximum absolute atomic E-state index is 13.1. The number of carbonyl (C=O) groups is 1. The number of carbonyl (C=O) groups excluding carboxylic acids is 1. The third-order valence-corrected chi connectivity index (χ3v) is 5.21. The fraction of sp³-hybridized carbons (Fsp3) is 0.174. The first kappa shape index (κ1) is 20.8. The van der Waals surface area contributed by atoms with E-state index in [2.05, 4.69) is 20.4 Å². The Morgan fingerprint density at radius 1 is 1.23 bits per heavy atom. The van der Waals surface area contributed by atoms with Crippen LogP contribution in [-0.4, -0.2) is 32.2 Å². The number of H-pyrrole nitrogens is 1. The van der Waals surface area contributed by atoms with Crippen molar-refractivity contribution in [3.63, 3.8) is 0 Å². The average molecular weight is 438 g/mol. The van der Waals surface area contributed by atoms with E-state index in [0.717, 1.165) is 29.7 Å². The van der Waals surface area contributed by atoms with Gasteiger partial charge in [0.25, 0.3) is 0 Å². The van der Waals surface area contributed by atoms with Crippen LogP contribution in [0, 0.1) is 12.7 Å². The molecule has 2 heterocycles. The molecule has 0 aliphatic carbocycles. The van der Waals surface area contributed by atoms with Crippen LogP contribution in [0.25, 0.3) is 22.8 Å². The molecule has 0 aliphatic rings. The smallest absolute Gasteiger partial charge is 0.244 e. The van der Waals surface area contributed by atoms with Gasteiger partial charge in [0, 0.05) is 24.6 Å². The lowest BCUT2D eigenvalue weighted by Crippen LogP contribution is -2.22. The molecule has 0 aliphatic heterocycles. The minimum absolute atomic E-state index is 0.213. The van der Waals surface area contributed by atoms with E-state index in [9.17, 15) is 9.18 Å². The summed E-state index contributed by atoms with van der Waals surface area (Å²) >= 11 is 6.43. The van der Waals surface area contributed by atoms with Gasteiger partial charge in [-0.3, -0.25) is 4.79 Å². The molecule has 0 unspecified atom stereocenters. The average Bonchev–Trinajstić information content (AvgIpc) is 3.30. The Hall–Kier alpha value is -3.45. The van der Waals surface area contributed by atoms with Crippen LogP contribution in [0.15, 0.2) is 54.6 Å². The summed E-state index contributed by atoms with van der Waals surface area (Å²) in [6.45, 7) is 2.33. The number of benzene rings is 2. The summed E-state index contributed by atoms with van der Waals surface area (Å²) in [5.74, 6) is 0.358. The Balaban J connectivity index is 1.32. The summed E-state index contributed by atoms with van der Waals surface area (Å²) in [6.07, 6.45) is 4.58. The van der Waals surface area contributed by atoms with Crippen molar-refractivity contribution in [2.75, 3.05) is 6.54 Å². The van der Waals surface area contributed by atoms with Crippen LogP contribution in [0.5, 0.6) is 0 Å². The number of fused-ring (bicyclic) bond motifs is 1. The zero-order chi connectivity index (χ0) is 21.8. The summed E-state index contributed by atoms with van der Waals surface area (Å²) in [7, 11) is 0. The number of aryl methyl sites for hydroxylation is 2. The van der Waals surface area contributed by atoms with Crippen molar-refractivity contribution in [3.05, 3.63) is 82.7 Å². The predicted octanol–water partition coefficient (Wildman–Crippen LogP) is 4.61. The lowest BCUT2D eigenvalue weighted by molar-refractivity contribution is -0.116. The van der Waals surface area contributed by atoms with Gasteiger partial charge >= 0.3 is 0 Å². The lowest BCUT2D eigenvalue weighted by atomic mass is 10.2. The van der Waals surface area contributed by atoms with E-state index in [1.165, 1.54) is 22.9 Å². The largest absolute Gasteiger partial charge is 0.353 e. The van der Waals surface area contributed by atoms with Crippen LogP contribution in [-0.2, 0) is 11.2 Å². The molecule has 158 valence electrons. The Kier molecular flexibility index (Phi) is 6.13. The third-order valence-electron chi connectivity index (χ3n) is 4.85. The molecule has 2 aromatic carbocycles. The third kappa shape index (κ3) is 4.83. The second kappa shape index (κ2) is 9.14. The van der Waals surface area contributed by atoms with Crippen molar-refractivity contribution < 1.29 is 9.18 Å². The molecule has 6 nitrogen and oxygen atoms in total. The first-order valence-electron chi connectivity index (χ1n) is 9.92. The number of hydrogen-bond donors (Lipinski definition) is 2. The van der Waals surface area contributed by atoms with Crippen LogP contribution in [0.2, 0.25) is 5.15 Å². The minimum atomic E-state index is -0.333. The number of aromatic nitrogens is 4. The summed E-state index contributed by atoms with van der Waals surface area (Å²) in [5.41, 5.74) is 3.91. The van der Waals surface area contributed by atoms with Gasteiger partial charge in [-0.15, -0.1) is 0 Å². The van der Waals surface area contributed by atoms with Crippen molar-refractivity contribution in [3.8, 4) is 5.69 Å². The van der Waals surface area contributed by atoms with Crippen LogP contribution in [0.4, 0.5) is 4.39 Å². The number of rotatable bonds is 7. The predicted molar refractivity (Wildman–Crippen MR) is 120 cm³/mol. The number of para-hydroxylation sites is 2. The van der Waals surface area contributed by atoms with Crippen LogP contribution in [0.3, 0.4) is 0 Å². The summed E-state index contributed by atoms with van der Waals surface area (Å²) < 4.78 is 14.7. The van der Waals surface area contributed by atoms with Crippen molar-refractivity contribution in [2.45, 2.75) is 19.8 Å². The van der Waals surface area contributed by atoms with E-state index in [0.29, 0.717) is 28.6 Å². The van der Waals surface area contributed by atoms with Gasteiger partial charge in [-0.05, 0) is 55.8 Å². The summed E-state index contributed by atoms with van der Waals surface area (Å²) in [5, 5.41) is 7.60. The second-order valence-electron chi connectivity index (χ2n) is 7.11. The van der Waals surface area contributed by atoms with Gasteiger partial charge < -0.3 is 10.3 Å². The number of hydrogen-bond acceptors (Lipinski definition) is 3. The molecule has 0 fully saturated rings. The first-order valence-corrected chi connectivity index (χ1v) is 10.3. The van der Waals surface area contributed by atoms with Crippen molar-refractivity contribution >= 4 is 34.6 Å². The number of nitrogens with one attached hydrogen (secondary N) is 2. The van der Waals surface area contributed by atoms with Crippen molar-refractivity contribution in [2.24, 2.45) is 0 Å². The van der Waals surface area contributed by atoms with Gasteiger partial charge in [-0.1, -0.05) is 23.7 Å². The molecule has 8 heteroatoms. The van der Waals surface area contributed by atoms with E-state index in [1.807, 2.05) is 24.3 Å². The molecule has 1 amide bonds. The second-order valence-corrected chi connectivity index (χ2v) is 7.46. The highest BCUT2D eigenvalue weighted by Gasteiger charge is 2.13. The summed E-state index contributed by atoms with van der Waals surface area (Å²) in [4.78, 5) is 20.0. The van der Waals surface area contributed by atoms with Crippen LogP contribution < -0.4 is 5.32 Å². The molecule has 0 spiro atoms. The highest BCUT2D eigenvalue weighted by molar-refractivity contribution is 6.31. The molecule has 0 saturated heterocycles. The quantitative estimate of drug-likeness (QED) is 0.327. The Labute approximate surface area is 183 Å². The molecule has 31 heavy (non-hydrogen) atoms. The Morgan fingerprint density at radius 2 is 2.00 bits per heavy atom. The van der Waals surface area contributed by atoms with Gasteiger partial charge in [-0.25, -0.2) is 14.1 Å². The van der Waals surface area contributed by atoms with E-state index in [1.54, 1.807) is 25.1 Å². The van der Waals surface area contributed by atoms with Gasteiger partial charge in [0.2, 0.25) is 5.91 Å². The summed E-state index contributed by atoms with van der Waals surface area (Å²) in [6, 6.07) is 13.8. The molecular formula is C23H21ClFN5O. The maximum atomic E-state index is 13.1. The van der Waals surface area contributed by atoms with E-state index in [4.69, 9.17) is 11.6 Å². The SMILES string of the molecule is Cc1nn(-c2ccc(F)cc2)c(Cl)c1/C=C/C(=O)NCCCc1nc2ccccc2[nH]1. The minimum Gasteiger partial charge on any atom is -0.353 e. The monoisotopic (exact) mass is 437 g/mol.